The van der Waals surface area contributed by atoms with Gasteiger partial charge in [-0.15, -0.1) is 0 Å². The van der Waals surface area contributed by atoms with Gasteiger partial charge in [0.25, 0.3) is 5.91 Å². The Morgan fingerprint density at radius 2 is 1.79 bits per heavy atom. The molecule has 0 saturated carbocycles. The van der Waals surface area contributed by atoms with E-state index in [1.54, 1.807) is 49.5 Å². The molecule has 1 aromatic heterocycles. The Hall–Kier alpha value is -2.52. The normalized spacial score (nSPS) is 15.5. The van der Waals surface area contributed by atoms with Crippen LogP contribution < -0.4 is 4.74 Å². The van der Waals surface area contributed by atoms with Gasteiger partial charge >= 0.3 is 0 Å². The van der Waals surface area contributed by atoms with Gasteiger partial charge in [0.2, 0.25) is 15.9 Å². The summed E-state index contributed by atoms with van der Waals surface area (Å²) in [6.07, 6.45) is 6.15. The van der Waals surface area contributed by atoms with Crippen LogP contribution in [0.1, 0.15) is 37.0 Å². The first-order valence-electron chi connectivity index (χ1n) is 9.77. The highest BCUT2D eigenvalue weighted by Gasteiger charge is 2.26. The molecule has 8 nitrogen and oxygen atoms in total. The van der Waals surface area contributed by atoms with E-state index in [0.29, 0.717) is 50.5 Å². The molecule has 1 aliphatic rings. The van der Waals surface area contributed by atoms with Crippen molar-refractivity contribution in [2.45, 2.75) is 37.7 Å². The summed E-state index contributed by atoms with van der Waals surface area (Å²) in [5.41, 5.74) is 0.483. The van der Waals surface area contributed by atoms with E-state index in [1.165, 1.54) is 16.4 Å². The van der Waals surface area contributed by atoms with Gasteiger partial charge in [0, 0.05) is 57.0 Å². The lowest BCUT2D eigenvalue weighted by Gasteiger charge is -2.32. The number of benzene rings is 1. The summed E-state index contributed by atoms with van der Waals surface area (Å²) >= 11 is 0. The van der Waals surface area contributed by atoms with Crippen molar-refractivity contribution < 1.29 is 17.9 Å². The zero-order valence-electron chi connectivity index (χ0n) is 16.7. The zero-order chi connectivity index (χ0) is 20.9. The van der Waals surface area contributed by atoms with E-state index in [2.05, 4.69) is 9.97 Å². The van der Waals surface area contributed by atoms with Crippen molar-refractivity contribution in [1.29, 1.82) is 0 Å². The summed E-state index contributed by atoms with van der Waals surface area (Å²) in [7, 11) is -3.52. The molecule has 2 aromatic rings. The van der Waals surface area contributed by atoms with Crippen molar-refractivity contribution in [2.75, 3.05) is 26.2 Å². The number of sulfonamides is 1. The fraction of sp³-hybridized carbons (Fsp3) is 0.450. The average molecular weight is 419 g/mol. The molecular formula is C20H26N4O4S. The summed E-state index contributed by atoms with van der Waals surface area (Å²) in [6, 6.07) is 6.18. The largest absolute Gasteiger partial charge is 0.473 e. The summed E-state index contributed by atoms with van der Waals surface area (Å²) in [6.45, 7) is 5.57. The van der Waals surface area contributed by atoms with Crippen molar-refractivity contribution >= 4 is 15.9 Å². The molecule has 29 heavy (non-hydrogen) atoms. The number of hydrogen-bond acceptors (Lipinski definition) is 6. The first-order valence-corrected chi connectivity index (χ1v) is 11.2. The molecule has 9 heteroatoms. The standard InChI is InChI=1S/C20H26N4O4S/c1-3-24(4-2)29(26,27)18-7-5-16(6-8-18)20(25)23-13-9-17(10-14-23)28-19-15-21-11-12-22-19/h5-8,11-12,15,17H,3-4,9-10,13-14H2,1-2H3. The van der Waals surface area contributed by atoms with Gasteiger partial charge < -0.3 is 9.64 Å². The number of nitrogens with zero attached hydrogens (tertiary/aromatic N) is 4. The van der Waals surface area contributed by atoms with Gasteiger partial charge in [-0.25, -0.2) is 13.4 Å². The fourth-order valence-electron chi connectivity index (χ4n) is 3.36. The first kappa shape index (κ1) is 21.2. The molecule has 2 heterocycles. The van der Waals surface area contributed by atoms with Crippen LogP contribution in [0.4, 0.5) is 0 Å². The smallest absolute Gasteiger partial charge is 0.253 e. The van der Waals surface area contributed by atoms with Crippen LogP contribution >= 0.6 is 0 Å². The SMILES string of the molecule is CCN(CC)S(=O)(=O)c1ccc(C(=O)N2CCC(Oc3cnccn3)CC2)cc1. The average Bonchev–Trinajstić information content (AvgIpc) is 2.75. The Kier molecular flexibility index (Phi) is 6.81. The van der Waals surface area contributed by atoms with E-state index in [-0.39, 0.29) is 16.9 Å². The predicted octanol–water partition coefficient (Wildman–Crippen LogP) is 2.19. The first-order chi connectivity index (χ1) is 14.0. The van der Waals surface area contributed by atoms with Gasteiger partial charge in [0.15, 0.2) is 0 Å². The van der Waals surface area contributed by atoms with Gasteiger partial charge in [0.05, 0.1) is 11.1 Å². The number of carbonyl (C=O) groups excluding carboxylic acids is 1. The van der Waals surface area contributed by atoms with Gasteiger partial charge in [0.1, 0.15) is 6.10 Å². The van der Waals surface area contributed by atoms with E-state index in [1.807, 2.05) is 0 Å². The van der Waals surface area contributed by atoms with Crippen molar-refractivity contribution in [3.63, 3.8) is 0 Å². The minimum atomic E-state index is -3.52. The van der Waals surface area contributed by atoms with Gasteiger partial charge in [-0.2, -0.15) is 4.31 Å². The number of likely N-dealkylation sites (tertiary alicyclic amines) is 1. The van der Waals surface area contributed by atoms with Gasteiger partial charge in [-0.05, 0) is 24.3 Å². The highest BCUT2D eigenvalue weighted by molar-refractivity contribution is 7.89. The maximum atomic E-state index is 12.8. The van der Waals surface area contributed by atoms with E-state index >= 15 is 0 Å². The molecule has 0 bridgehead atoms. The molecule has 0 atom stereocenters. The van der Waals surface area contributed by atoms with Crippen molar-refractivity contribution in [1.82, 2.24) is 19.2 Å². The van der Waals surface area contributed by atoms with Crippen LogP contribution in [0.5, 0.6) is 5.88 Å². The lowest BCUT2D eigenvalue weighted by Crippen LogP contribution is -2.41. The highest BCUT2D eigenvalue weighted by Crippen LogP contribution is 2.20. The lowest BCUT2D eigenvalue weighted by molar-refractivity contribution is 0.0587. The van der Waals surface area contributed by atoms with Crippen LogP contribution in [-0.4, -0.2) is 65.8 Å². The topological polar surface area (TPSA) is 92.7 Å². The third-order valence-corrected chi connectivity index (χ3v) is 7.06. The second-order valence-electron chi connectivity index (χ2n) is 6.77. The summed E-state index contributed by atoms with van der Waals surface area (Å²) < 4.78 is 32.3. The van der Waals surface area contributed by atoms with Crippen molar-refractivity contribution in [3.8, 4) is 5.88 Å². The van der Waals surface area contributed by atoms with Gasteiger partial charge in [-0.1, -0.05) is 13.8 Å². The number of piperidine rings is 1. The van der Waals surface area contributed by atoms with Crippen LogP contribution in [0.2, 0.25) is 0 Å². The van der Waals surface area contributed by atoms with E-state index < -0.39 is 10.0 Å². The number of rotatable bonds is 7. The second-order valence-corrected chi connectivity index (χ2v) is 8.70. The van der Waals surface area contributed by atoms with Crippen LogP contribution in [0.15, 0.2) is 47.8 Å². The third-order valence-electron chi connectivity index (χ3n) is 5.00. The highest BCUT2D eigenvalue weighted by atomic mass is 32.2. The van der Waals surface area contributed by atoms with E-state index in [0.717, 1.165) is 0 Å². The molecule has 3 rings (SSSR count). The number of amides is 1. The molecule has 0 radical (unpaired) electrons. The molecule has 156 valence electrons. The Morgan fingerprint density at radius 1 is 1.14 bits per heavy atom. The third kappa shape index (κ3) is 4.91. The number of hydrogen-bond donors (Lipinski definition) is 0. The Balaban J connectivity index is 1.60. The van der Waals surface area contributed by atoms with Crippen LogP contribution in [-0.2, 0) is 10.0 Å². The monoisotopic (exact) mass is 418 g/mol. The summed E-state index contributed by atoms with van der Waals surface area (Å²) in [5.74, 6) is 0.386. The predicted molar refractivity (Wildman–Crippen MR) is 108 cm³/mol. The zero-order valence-corrected chi connectivity index (χ0v) is 17.5. The Morgan fingerprint density at radius 3 is 2.34 bits per heavy atom. The lowest BCUT2D eigenvalue weighted by atomic mass is 10.1. The summed E-state index contributed by atoms with van der Waals surface area (Å²) in [5, 5.41) is 0. The molecule has 1 aliphatic heterocycles. The molecule has 1 amide bonds. The summed E-state index contributed by atoms with van der Waals surface area (Å²) in [4.78, 5) is 22.8. The molecule has 0 N–H and O–H groups in total. The molecule has 0 aliphatic carbocycles. The minimum Gasteiger partial charge on any atom is -0.473 e. The Labute approximate surface area is 171 Å². The number of aromatic nitrogens is 2. The Bertz CT molecular complexity index is 907. The van der Waals surface area contributed by atoms with E-state index in [4.69, 9.17) is 4.74 Å². The molecule has 1 saturated heterocycles. The maximum absolute atomic E-state index is 12.8. The van der Waals surface area contributed by atoms with Crippen LogP contribution in [0, 0.1) is 0 Å². The quantitative estimate of drug-likeness (QED) is 0.684. The molecule has 0 spiro atoms. The molecule has 1 aromatic carbocycles. The minimum absolute atomic E-state index is 0.00246. The molecule has 0 unspecified atom stereocenters. The van der Waals surface area contributed by atoms with Crippen molar-refractivity contribution in [3.05, 3.63) is 48.4 Å². The van der Waals surface area contributed by atoms with E-state index in [9.17, 15) is 13.2 Å². The number of carbonyl (C=O) groups is 1. The van der Waals surface area contributed by atoms with Gasteiger partial charge in [-0.3, -0.25) is 9.78 Å². The molecular weight excluding hydrogens is 392 g/mol. The maximum Gasteiger partial charge on any atom is 0.253 e. The van der Waals surface area contributed by atoms with Crippen LogP contribution in [0.25, 0.3) is 0 Å². The second kappa shape index (κ2) is 9.32. The molecule has 1 fully saturated rings. The van der Waals surface area contributed by atoms with Crippen molar-refractivity contribution in [2.24, 2.45) is 0 Å². The fourth-order valence-corrected chi connectivity index (χ4v) is 4.82. The van der Waals surface area contributed by atoms with Crippen LogP contribution in [0.3, 0.4) is 0 Å². The number of ether oxygens (including phenoxy) is 1.